The molecule has 0 aliphatic heterocycles. The summed E-state index contributed by atoms with van der Waals surface area (Å²) in [5.41, 5.74) is 1.43. The first kappa shape index (κ1) is 23.8. The fraction of sp³-hybridized carbons (Fsp3) is 0.417. The van der Waals surface area contributed by atoms with E-state index < -0.39 is 0 Å². The molecule has 0 bridgehead atoms. The molecule has 7 nitrogen and oxygen atoms in total. The van der Waals surface area contributed by atoms with Crippen molar-refractivity contribution in [1.82, 2.24) is 4.57 Å². The standard InChI is InChI=1S/C24H30N2O5S/c1-5-7-13-31-18-10-8-17(9-11-18)23(27)25-24-26(12-14-30-6-2)19-15-20(28-3)21(29-4)16-22(19)32-24/h8-11,15-16H,5-7,12-14H2,1-4H3. The Balaban J connectivity index is 1.96. The molecule has 0 spiro atoms. The zero-order valence-electron chi connectivity index (χ0n) is 19.1. The summed E-state index contributed by atoms with van der Waals surface area (Å²) < 4.78 is 25.0. The predicted molar refractivity (Wildman–Crippen MR) is 126 cm³/mol. The molecule has 1 amide bonds. The van der Waals surface area contributed by atoms with Gasteiger partial charge in [-0.2, -0.15) is 4.99 Å². The molecule has 3 rings (SSSR count). The summed E-state index contributed by atoms with van der Waals surface area (Å²) in [7, 11) is 3.20. The van der Waals surface area contributed by atoms with Gasteiger partial charge < -0.3 is 23.5 Å². The normalized spacial score (nSPS) is 11.7. The molecule has 8 heteroatoms. The summed E-state index contributed by atoms with van der Waals surface area (Å²) in [6.07, 6.45) is 2.07. The minimum atomic E-state index is -0.305. The van der Waals surface area contributed by atoms with Crippen molar-refractivity contribution in [3.63, 3.8) is 0 Å². The van der Waals surface area contributed by atoms with Crippen LogP contribution in [0.5, 0.6) is 17.2 Å². The monoisotopic (exact) mass is 458 g/mol. The van der Waals surface area contributed by atoms with Crippen molar-refractivity contribution in [1.29, 1.82) is 0 Å². The highest BCUT2D eigenvalue weighted by molar-refractivity contribution is 7.16. The fourth-order valence-electron chi connectivity index (χ4n) is 3.18. The molecule has 32 heavy (non-hydrogen) atoms. The van der Waals surface area contributed by atoms with Crippen LogP contribution in [0.3, 0.4) is 0 Å². The molecule has 0 saturated carbocycles. The molecule has 0 radical (unpaired) electrons. The number of nitrogens with zero attached hydrogens (tertiary/aromatic N) is 2. The lowest BCUT2D eigenvalue weighted by molar-refractivity contribution is 0.0996. The maximum atomic E-state index is 12.9. The molecular formula is C24H30N2O5S. The zero-order valence-corrected chi connectivity index (χ0v) is 19.9. The third-order valence-electron chi connectivity index (χ3n) is 4.92. The highest BCUT2D eigenvalue weighted by Crippen LogP contribution is 2.33. The molecule has 172 valence electrons. The van der Waals surface area contributed by atoms with E-state index >= 15 is 0 Å². The molecule has 0 saturated heterocycles. The minimum absolute atomic E-state index is 0.305. The Morgan fingerprint density at radius 3 is 2.41 bits per heavy atom. The predicted octanol–water partition coefficient (Wildman–Crippen LogP) is 4.68. The second-order valence-corrected chi connectivity index (χ2v) is 8.06. The van der Waals surface area contributed by atoms with Crippen LogP contribution in [0.4, 0.5) is 0 Å². The smallest absolute Gasteiger partial charge is 0.279 e. The lowest BCUT2D eigenvalue weighted by atomic mass is 10.2. The van der Waals surface area contributed by atoms with Gasteiger partial charge in [0.25, 0.3) is 5.91 Å². The summed E-state index contributed by atoms with van der Waals surface area (Å²) in [6, 6.07) is 10.9. The summed E-state index contributed by atoms with van der Waals surface area (Å²) >= 11 is 1.43. The van der Waals surface area contributed by atoms with Gasteiger partial charge in [0.05, 0.1) is 37.6 Å². The summed E-state index contributed by atoms with van der Waals surface area (Å²) in [5, 5.41) is 0. The summed E-state index contributed by atoms with van der Waals surface area (Å²) in [4.78, 5) is 17.9. The van der Waals surface area contributed by atoms with Crippen LogP contribution in [-0.4, -0.2) is 44.5 Å². The van der Waals surface area contributed by atoms with E-state index in [1.54, 1.807) is 26.4 Å². The largest absolute Gasteiger partial charge is 0.494 e. The van der Waals surface area contributed by atoms with Gasteiger partial charge in [-0.05, 0) is 37.6 Å². The first-order valence-electron chi connectivity index (χ1n) is 10.8. The van der Waals surface area contributed by atoms with Gasteiger partial charge in [-0.25, -0.2) is 0 Å². The number of thiazole rings is 1. The van der Waals surface area contributed by atoms with Crippen LogP contribution in [0, 0.1) is 0 Å². The van der Waals surface area contributed by atoms with Crippen molar-refractivity contribution in [2.24, 2.45) is 4.99 Å². The summed E-state index contributed by atoms with van der Waals surface area (Å²) in [6.45, 7) is 6.45. The van der Waals surface area contributed by atoms with Gasteiger partial charge in [-0.3, -0.25) is 4.79 Å². The molecule has 1 heterocycles. The van der Waals surface area contributed by atoms with Gasteiger partial charge in [-0.15, -0.1) is 0 Å². The Labute approximate surface area is 192 Å². The van der Waals surface area contributed by atoms with Crippen molar-refractivity contribution in [3.8, 4) is 17.2 Å². The van der Waals surface area contributed by atoms with E-state index in [4.69, 9.17) is 18.9 Å². The topological polar surface area (TPSA) is 71.3 Å². The zero-order chi connectivity index (χ0) is 22.9. The Hall–Kier alpha value is -2.84. The SMILES string of the molecule is CCCCOc1ccc(C(=O)N=c2sc3cc(OC)c(OC)cc3n2CCOCC)cc1. The Kier molecular flexibility index (Phi) is 8.70. The second kappa shape index (κ2) is 11.7. The van der Waals surface area contributed by atoms with Gasteiger partial charge in [0.15, 0.2) is 16.3 Å². The van der Waals surface area contributed by atoms with E-state index in [0.717, 1.165) is 28.8 Å². The number of amides is 1. The molecular weight excluding hydrogens is 428 g/mol. The van der Waals surface area contributed by atoms with E-state index in [0.29, 0.717) is 48.2 Å². The van der Waals surface area contributed by atoms with Gasteiger partial charge in [0.1, 0.15) is 5.75 Å². The average molecular weight is 459 g/mol. The van der Waals surface area contributed by atoms with Crippen molar-refractivity contribution in [2.45, 2.75) is 33.2 Å². The van der Waals surface area contributed by atoms with Crippen LogP contribution >= 0.6 is 11.3 Å². The number of carbonyl (C=O) groups is 1. The Morgan fingerprint density at radius 2 is 1.75 bits per heavy atom. The van der Waals surface area contributed by atoms with Crippen molar-refractivity contribution < 1.29 is 23.7 Å². The minimum Gasteiger partial charge on any atom is -0.494 e. The number of methoxy groups -OCH3 is 2. The van der Waals surface area contributed by atoms with E-state index in [1.807, 2.05) is 35.8 Å². The number of aromatic nitrogens is 1. The number of benzene rings is 2. The van der Waals surface area contributed by atoms with E-state index in [9.17, 15) is 4.79 Å². The Bertz CT molecular complexity index is 1100. The number of carbonyl (C=O) groups excluding carboxylic acids is 1. The highest BCUT2D eigenvalue weighted by atomic mass is 32.1. The van der Waals surface area contributed by atoms with Crippen LogP contribution in [0.15, 0.2) is 41.4 Å². The molecule has 0 unspecified atom stereocenters. The molecule has 0 N–H and O–H groups in total. The van der Waals surface area contributed by atoms with Crippen LogP contribution in [0.2, 0.25) is 0 Å². The Morgan fingerprint density at radius 1 is 1.03 bits per heavy atom. The van der Waals surface area contributed by atoms with Crippen LogP contribution in [0.25, 0.3) is 10.2 Å². The number of unbranched alkanes of at least 4 members (excludes halogenated alkanes) is 1. The number of hydrogen-bond donors (Lipinski definition) is 0. The highest BCUT2D eigenvalue weighted by Gasteiger charge is 2.14. The van der Waals surface area contributed by atoms with Crippen molar-refractivity contribution >= 4 is 27.5 Å². The number of fused-ring (bicyclic) bond motifs is 1. The third-order valence-corrected chi connectivity index (χ3v) is 5.96. The van der Waals surface area contributed by atoms with Gasteiger partial charge >= 0.3 is 0 Å². The van der Waals surface area contributed by atoms with E-state index in [-0.39, 0.29) is 5.91 Å². The second-order valence-electron chi connectivity index (χ2n) is 7.05. The maximum Gasteiger partial charge on any atom is 0.279 e. The molecule has 0 aliphatic carbocycles. The van der Waals surface area contributed by atoms with Crippen LogP contribution in [0.1, 0.15) is 37.0 Å². The van der Waals surface area contributed by atoms with Crippen LogP contribution < -0.4 is 19.0 Å². The molecule has 1 aromatic heterocycles. The molecule has 0 atom stereocenters. The average Bonchev–Trinajstić information content (AvgIpc) is 3.14. The lowest BCUT2D eigenvalue weighted by Crippen LogP contribution is -2.19. The first-order valence-corrected chi connectivity index (χ1v) is 11.6. The number of rotatable bonds is 11. The molecule has 0 fully saturated rings. The molecule has 2 aromatic carbocycles. The number of ether oxygens (including phenoxy) is 4. The van der Waals surface area contributed by atoms with Crippen LogP contribution in [-0.2, 0) is 11.3 Å². The quantitative estimate of drug-likeness (QED) is 0.390. The van der Waals surface area contributed by atoms with E-state index in [1.165, 1.54) is 11.3 Å². The molecule has 3 aromatic rings. The maximum absolute atomic E-state index is 12.9. The first-order chi connectivity index (χ1) is 15.6. The van der Waals surface area contributed by atoms with Gasteiger partial charge in [0.2, 0.25) is 0 Å². The van der Waals surface area contributed by atoms with Crippen molar-refractivity contribution in [2.75, 3.05) is 34.0 Å². The summed E-state index contributed by atoms with van der Waals surface area (Å²) in [5.74, 6) is 1.71. The third kappa shape index (κ3) is 5.69. The number of hydrogen-bond acceptors (Lipinski definition) is 6. The lowest BCUT2D eigenvalue weighted by Gasteiger charge is -2.09. The van der Waals surface area contributed by atoms with E-state index in [2.05, 4.69) is 11.9 Å². The fourth-order valence-corrected chi connectivity index (χ4v) is 4.24. The van der Waals surface area contributed by atoms with Gasteiger partial charge in [-0.1, -0.05) is 24.7 Å². The molecule has 0 aliphatic rings. The van der Waals surface area contributed by atoms with Crippen molar-refractivity contribution in [3.05, 3.63) is 46.8 Å². The van der Waals surface area contributed by atoms with Gasteiger partial charge in [0, 0.05) is 30.8 Å².